The lowest BCUT2D eigenvalue weighted by atomic mass is 10.2. The van der Waals surface area contributed by atoms with Crippen LogP contribution in [0.25, 0.3) is 0 Å². The molecule has 1 N–H and O–H groups in total. The van der Waals surface area contributed by atoms with Crippen LogP contribution in [-0.4, -0.2) is 19.2 Å². The van der Waals surface area contributed by atoms with Gasteiger partial charge in [0, 0.05) is 11.8 Å². The van der Waals surface area contributed by atoms with Crippen molar-refractivity contribution in [1.29, 1.82) is 0 Å². The second-order valence-corrected chi connectivity index (χ2v) is 4.11. The van der Waals surface area contributed by atoms with Gasteiger partial charge in [-0.2, -0.15) is 5.10 Å². The van der Waals surface area contributed by atoms with Crippen LogP contribution in [0.3, 0.4) is 0 Å². The van der Waals surface area contributed by atoms with Gasteiger partial charge in [-0.1, -0.05) is 19.9 Å². The number of rotatable bonds is 5. The first-order chi connectivity index (χ1) is 8.13. The Balaban J connectivity index is 2.54. The van der Waals surface area contributed by atoms with Crippen molar-refractivity contribution in [1.82, 2.24) is 5.43 Å². The topological polar surface area (TPSA) is 50.7 Å². The Labute approximate surface area is 102 Å². The average molecular weight is 234 g/mol. The lowest BCUT2D eigenvalue weighted by molar-refractivity contribution is 0.0954. The van der Waals surface area contributed by atoms with Crippen LogP contribution in [0.15, 0.2) is 29.4 Å². The van der Waals surface area contributed by atoms with E-state index in [-0.39, 0.29) is 5.91 Å². The van der Waals surface area contributed by atoms with Crippen molar-refractivity contribution in [3.63, 3.8) is 0 Å². The van der Waals surface area contributed by atoms with E-state index in [0.717, 1.165) is 6.42 Å². The van der Waals surface area contributed by atoms with Gasteiger partial charge in [-0.05, 0) is 30.5 Å². The van der Waals surface area contributed by atoms with Gasteiger partial charge in [0.1, 0.15) is 5.75 Å². The van der Waals surface area contributed by atoms with E-state index in [1.165, 1.54) is 0 Å². The molecule has 1 aromatic carbocycles. The smallest absolute Gasteiger partial charge is 0.271 e. The number of benzene rings is 1. The highest BCUT2D eigenvalue weighted by molar-refractivity contribution is 5.94. The molecule has 0 unspecified atom stereocenters. The molecule has 0 spiro atoms. The van der Waals surface area contributed by atoms with Crippen molar-refractivity contribution in [2.45, 2.75) is 20.3 Å². The highest BCUT2D eigenvalue weighted by Crippen LogP contribution is 2.12. The summed E-state index contributed by atoms with van der Waals surface area (Å²) in [5, 5.41) is 3.88. The first-order valence-electron chi connectivity index (χ1n) is 5.59. The summed E-state index contributed by atoms with van der Waals surface area (Å²) in [7, 11) is 1.57. The largest absolute Gasteiger partial charge is 0.497 e. The van der Waals surface area contributed by atoms with Crippen molar-refractivity contribution in [3.05, 3.63) is 29.8 Å². The molecule has 0 aromatic heterocycles. The van der Waals surface area contributed by atoms with Crippen LogP contribution in [-0.2, 0) is 0 Å². The van der Waals surface area contributed by atoms with Gasteiger partial charge in [0.2, 0.25) is 0 Å². The maximum absolute atomic E-state index is 11.7. The van der Waals surface area contributed by atoms with Crippen LogP contribution in [0.5, 0.6) is 5.75 Å². The van der Waals surface area contributed by atoms with Crippen molar-refractivity contribution in [2.24, 2.45) is 11.0 Å². The maximum atomic E-state index is 11.7. The zero-order valence-corrected chi connectivity index (χ0v) is 10.4. The van der Waals surface area contributed by atoms with E-state index in [0.29, 0.717) is 17.2 Å². The minimum absolute atomic E-state index is 0.232. The minimum Gasteiger partial charge on any atom is -0.497 e. The molecule has 0 atom stereocenters. The lowest BCUT2D eigenvalue weighted by Gasteiger charge is -2.03. The summed E-state index contributed by atoms with van der Waals surface area (Å²) >= 11 is 0. The molecular weight excluding hydrogens is 216 g/mol. The Morgan fingerprint density at radius 1 is 1.53 bits per heavy atom. The van der Waals surface area contributed by atoms with E-state index in [1.807, 2.05) is 0 Å². The number of carbonyl (C=O) groups is 1. The molecule has 17 heavy (non-hydrogen) atoms. The third-order valence-electron chi connectivity index (χ3n) is 2.17. The maximum Gasteiger partial charge on any atom is 0.271 e. The predicted molar refractivity (Wildman–Crippen MR) is 68.4 cm³/mol. The number of amides is 1. The fraction of sp³-hybridized carbons (Fsp3) is 0.385. The minimum atomic E-state index is -0.232. The predicted octanol–water partition coefficient (Wildman–Crippen LogP) is 2.46. The number of hydrazone groups is 1. The number of hydrogen-bond donors (Lipinski definition) is 1. The Morgan fingerprint density at radius 3 is 2.94 bits per heavy atom. The number of hydrogen-bond acceptors (Lipinski definition) is 3. The van der Waals surface area contributed by atoms with Crippen LogP contribution < -0.4 is 10.2 Å². The molecule has 0 saturated carbocycles. The molecule has 0 aliphatic carbocycles. The zero-order chi connectivity index (χ0) is 12.7. The number of nitrogens with zero attached hydrogens (tertiary/aromatic N) is 1. The van der Waals surface area contributed by atoms with Gasteiger partial charge in [-0.3, -0.25) is 4.79 Å². The Hall–Kier alpha value is -1.84. The second-order valence-electron chi connectivity index (χ2n) is 4.11. The highest BCUT2D eigenvalue weighted by atomic mass is 16.5. The summed E-state index contributed by atoms with van der Waals surface area (Å²) in [5.74, 6) is 0.959. The molecule has 1 aromatic rings. The van der Waals surface area contributed by atoms with Crippen LogP contribution in [0, 0.1) is 5.92 Å². The van der Waals surface area contributed by atoms with Gasteiger partial charge in [0.05, 0.1) is 7.11 Å². The van der Waals surface area contributed by atoms with Gasteiger partial charge in [-0.25, -0.2) is 5.43 Å². The fourth-order valence-corrected chi connectivity index (χ4v) is 1.20. The first-order valence-corrected chi connectivity index (χ1v) is 5.59. The molecular formula is C13H18N2O2. The fourth-order valence-electron chi connectivity index (χ4n) is 1.20. The van der Waals surface area contributed by atoms with Gasteiger partial charge >= 0.3 is 0 Å². The van der Waals surface area contributed by atoms with E-state index in [1.54, 1.807) is 37.6 Å². The summed E-state index contributed by atoms with van der Waals surface area (Å²) in [6, 6.07) is 6.95. The summed E-state index contributed by atoms with van der Waals surface area (Å²) < 4.78 is 5.04. The third-order valence-corrected chi connectivity index (χ3v) is 2.17. The number of methoxy groups -OCH3 is 1. The summed E-state index contributed by atoms with van der Waals surface area (Å²) in [5.41, 5.74) is 3.01. The number of nitrogens with one attached hydrogen (secondary N) is 1. The summed E-state index contributed by atoms with van der Waals surface area (Å²) in [6.07, 6.45) is 2.56. The molecule has 1 rings (SSSR count). The lowest BCUT2D eigenvalue weighted by Crippen LogP contribution is -2.17. The van der Waals surface area contributed by atoms with Crippen LogP contribution in [0.1, 0.15) is 30.6 Å². The van der Waals surface area contributed by atoms with E-state index in [2.05, 4.69) is 24.4 Å². The average Bonchev–Trinajstić information content (AvgIpc) is 2.34. The molecule has 0 aliphatic rings. The number of ether oxygens (including phenoxy) is 1. The quantitative estimate of drug-likeness (QED) is 0.628. The van der Waals surface area contributed by atoms with Crippen molar-refractivity contribution < 1.29 is 9.53 Å². The van der Waals surface area contributed by atoms with Crippen LogP contribution >= 0.6 is 0 Å². The van der Waals surface area contributed by atoms with Gasteiger partial charge in [-0.15, -0.1) is 0 Å². The SMILES string of the molecule is COc1cccc(C(=O)N/N=C/CC(C)C)c1. The monoisotopic (exact) mass is 234 g/mol. The molecule has 0 fully saturated rings. The highest BCUT2D eigenvalue weighted by Gasteiger charge is 2.04. The molecule has 0 aliphatic heterocycles. The molecule has 4 nitrogen and oxygen atoms in total. The van der Waals surface area contributed by atoms with E-state index < -0.39 is 0 Å². The van der Waals surface area contributed by atoms with E-state index in [9.17, 15) is 4.79 Å². The molecule has 92 valence electrons. The summed E-state index contributed by atoms with van der Waals surface area (Å²) in [6.45, 7) is 4.19. The molecule has 0 bridgehead atoms. The standard InChI is InChI=1S/C13H18N2O2/c1-10(2)7-8-14-15-13(16)11-5-4-6-12(9-11)17-3/h4-6,8-10H,7H2,1-3H3,(H,15,16)/b14-8+. The van der Waals surface area contributed by atoms with Crippen molar-refractivity contribution in [3.8, 4) is 5.75 Å². The molecule has 1 amide bonds. The van der Waals surface area contributed by atoms with Crippen LogP contribution in [0.2, 0.25) is 0 Å². The second kappa shape index (κ2) is 6.68. The molecule has 0 radical (unpaired) electrons. The van der Waals surface area contributed by atoms with Gasteiger partial charge < -0.3 is 4.74 Å². The van der Waals surface area contributed by atoms with Crippen molar-refractivity contribution in [2.75, 3.05) is 7.11 Å². The molecule has 4 heteroatoms. The Morgan fingerprint density at radius 2 is 2.29 bits per heavy atom. The molecule has 0 heterocycles. The third kappa shape index (κ3) is 4.68. The van der Waals surface area contributed by atoms with Crippen molar-refractivity contribution >= 4 is 12.1 Å². The molecule has 0 saturated heterocycles. The van der Waals surface area contributed by atoms with Gasteiger partial charge in [0.25, 0.3) is 5.91 Å². The first kappa shape index (κ1) is 13.2. The zero-order valence-electron chi connectivity index (χ0n) is 10.4. The van der Waals surface area contributed by atoms with E-state index >= 15 is 0 Å². The summed E-state index contributed by atoms with van der Waals surface area (Å²) in [4.78, 5) is 11.7. The van der Waals surface area contributed by atoms with Gasteiger partial charge in [0.15, 0.2) is 0 Å². The Bertz CT molecular complexity index is 400. The normalized spacial score (nSPS) is 10.8. The van der Waals surface area contributed by atoms with E-state index in [4.69, 9.17) is 4.74 Å². The number of carbonyl (C=O) groups excluding carboxylic acids is 1. The van der Waals surface area contributed by atoms with Crippen LogP contribution in [0.4, 0.5) is 0 Å². The Kier molecular flexibility index (Phi) is 5.20.